The van der Waals surface area contributed by atoms with Gasteiger partial charge in [0.15, 0.2) is 0 Å². The zero-order chi connectivity index (χ0) is 20.9. The van der Waals surface area contributed by atoms with E-state index in [-0.39, 0.29) is 12.5 Å². The fraction of sp³-hybridized carbons (Fsp3) is 0.333. The normalized spacial score (nSPS) is 22.3. The Morgan fingerprint density at radius 3 is 2.60 bits per heavy atom. The second kappa shape index (κ2) is 6.98. The molecule has 2 aliphatic heterocycles. The standard InChI is InChI=1S/C21H19ClN4O4/c22-14-6-4-13(5-7-14)15-11-16(17-3-1-10-30-17)26(24-15)18(27)12-25-19(28)21(8-2-9-21)23-20(25)29/h1,3-7,10,16H,2,8-9,11-12H2,(H,23,29). The van der Waals surface area contributed by atoms with Gasteiger partial charge >= 0.3 is 6.03 Å². The Morgan fingerprint density at radius 2 is 2.00 bits per heavy atom. The van der Waals surface area contributed by atoms with Gasteiger partial charge in [0.25, 0.3) is 11.8 Å². The van der Waals surface area contributed by atoms with Crippen molar-refractivity contribution in [2.24, 2.45) is 5.10 Å². The van der Waals surface area contributed by atoms with Gasteiger partial charge in [0.1, 0.15) is 23.9 Å². The van der Waals surface area contributed by atoms with Crippen LogP contribution in [0.15, 0.2) is 52.2 Å². The minimum atomic E-state index is -0.819. The van der Waals surface area contributed by atoms with E-state index in [0.29, 0.717) is 35.8 Å². The Hall–Kier alpha value is -3.13. The first-order valence-corrected chi connectivity index (χ1v) is 10.2. The first-order chi connectivity index (χ1) is 14.5. The SMILES string of the molecule is O=C1NC2(CCC2)C(=O)N1CC(=O)N1N=C(c2ccc(Cl)cc2)CC1c1ccco1. The number of carbonyl (C=O) groups excluding carboxylic acids is 3. The number of urea groups is 1. The van der Waals surface area contributed by atoms with Crippen LogP contribution in [0.5, 0.6) is 0 Å². The highest BCUT2D eigenvalue weighted by Gasteiger charge is 2.55. The highest BCUT2D eigenvalue weighted by Crippen LogP contribution is 2.38. The number of hydrogen-bond acceptors (Lipinski definition) is 5. The molecule has 2 fully saturated rings. The van der Waals surface area contributed by atoms with Crippen LogP contribution in [0, 0.1) is 0 Å². The Balaban J connectivity index is 1.40. The van der Waals surface area contributed by atoms with Crippen LogP contribution in [0.4, 0.5) is 4.79 Å². The third-order valence-electron chi connectivity index (χ3n) is 5.96. The summed E-state index contributed by atoms with van der Waals surface area (Å²) in [6.07, 6.45) is 4.09. The third kappa shape index (κ3) is 2.99. The van der Waals surface area contributed by atoms with Gasteiger partial charge in [-0.2, -0.15) is 5.10 Å². The molecule has 1 aromatic heterocycles. The van der Waals surface area contributed by atoms with E-state index in [1.54, 1.807) is 24.3 Å². The van der Waals surface area contributed by atoms with E-state index in [1.807, 2.05) is 12.1 Å². The van der Waals surface area contributed by atoms with Gasteiger partial charge < -0.3 is 9.73 Å². The zero-order valence-corrected chi connectivity index (χ0v) is 16.8. The largest absolute Gasteiger partial charge is 0.467 e. The molecule has 9 heteroatoms. The van der Waals surface area contributed by atoms with Crippen LogP contribution in [0.2, 0.25) is 5.02 Å². The molecular weight excluding hydrogens is 408 g/mol. The lowest BCUT2D eigenvalue weighted by Gasteiger charge is -2.34. The molecular formula is C21H19ClN4O4. The molecule has 8 nitrogen and oxygen atoms in total. The molecule has 3 heterocycles. The maximum atomic E-state index is 13.1. The zero-order valence-electron chi connectivity index (χ0n) is 16.0. The molecule has 0 radical (unpaired) electrons. The van der Waals surface area contributed by atoms with Crippen molar-refractivity contribution >= 4 is 35.2 Å². The predicted octanol–water partition coefficient (Wildman–Crippen LogP) is 3.09. The molecule has 3 aliphatic rings. The Bertz CT molecular complexity index is 1040. The molecule has 1 saturated carbocycles. The quantitative estimate of drug-likeness (QED) is 0.760. The maximum absolute atomic E-state index is 13.1. The van der Waals surface area contributed by atoms with Crippen molar-refractivity contribution in [3.05, 3.63) is 59.0 Å². The maximum Gasteiger partial charge on any atom is 0.325 e. The summed E-state index contributed by atoms with van der Waals surface area (Å²) >= 11 is 5.97. The summed E-state index contributed by atoms with van der Waals surface area (Å²) < 4.78 is 5.52. The molecule has 1 unspecified atom stereocenters. The fourth-order valence-corrected chi connectivity index (χ4v) is 4.28. The molecule has 5 rings (SSSR count). The molecule has 2 aromatic rings. The minimum Gasteiger partial charge on any atom is -0.467 e. The van der Waals surface area contributed by atoms with Gasteiger partial charge in [-0.1, -0.05) is 23.7 Å². The molecule has 0 bridgehead atoms. The van der Waals surface area contributed by atoms with Crippen LogP contribution in [0.25, 0.3) is 0 Å². The number of hydrogen-bond donors (Lipinski definition) is 1. The van der Waals surface area contributed by atoms with Crippen molar-refractivity contribution in [2.75, 3.05) is 6.54 Å². The first kappa shape index (κ1) is 18.9. The second-order valence-corrected chi connectivity index (χ2v) is 8.22. The summed E-state index contributed by atoms with van der Waals surface area (Å²) in [6.45, 7) is -0.360. The topological polar surface area (TPSA) is 95.2 Å². The summed E-state index contributed by atoms with van der Waals surface area (Å²) in [5.74, 6) is -0.188. The minimum absolute atomic E-state index is 0.331. The smallest absolute Gasteiger partial charge is 0.325 e. The van der Waals surface area contributed by atoms with Gasteiger partial charge in [0.05, 0.1) is 12.0 Å². The summed E-state index contributed by atoms with van der Waals surface area (Å²) in [7, 11) is 0. The van der Waals surface area contributed by atoms with Crippen LogP contribution in [-0.4, -0.2) is 45.5 Å². The van der Waals surface area contributed by atoms with Crippen LogP contribution in [-0.2, 0) is 9.59 Å². The Labute approximate surface area is 177 Å². The number of imide groups is 1. The summed E-state index contributed by atoms with van der Waals surface area (Å²) in [6, 6.07) is 9.76. The van der Waals surface area contributed by atoms with Crippen molar-refractivity contribution in [1.82, 2.24) is 15.2 Å². The van der Waals surface area contributed by atoms with Crippen LogP contribution in [0.3, 0.4) is 0 Å². The number of nitrogens with zero attached hydrogens (tertiary/aromatic N) is 3. The van der Waals surface area contributed by atoms with E-state index < -0.39 is 23.5 Å². The van der Waals surface area contributed by atoms with E-state index in [2.05, 4.69) is 10.4 Å². The monoisotopic (exact) mass is 426 g/mol. The lowest BCUT2D eigenvalue weighted by molar-refractivity contribution is -0.141. The highest BCUT2D eigenvalue weighted by atomic mass is 35.5. The van der Waals surface area contributed by atoms with Gasteiger partial charge in [-0.15, -0.1) is 0 Å². The molecule has 1 spiro atoms. The summed E-state index contributed by atoms with van der Waals surface area (Å²) in [5, 5.41) is 9.18. The van der Waals surface area contributed by atoms with Gasteiger partial charge in [0.2, 0.25) is 0 Å². The van der Waals surface area contributed by atoms with Gasteiger partial charge in [-0.25, -0.2) is 9.80 Å². The number of nitrogens with one attached hydrogen (secondary N) is 1. The highest BCUT2D eigenvalue weighted by molar-refractivity contribution is 6.30. The van der Waals surface area contributed by atoms with E-state index in [9.17, 15) is 14.4 Å². The summed E-state index contributed by atoms with van der Waals surface area (Å²) in [4.78, 5) is 39.2. The lowest BCUT2D eigenvalue weighted by Crippen LogP contribution is -2.53. The Morgan fingerprint density at radius 1 is 1.23 bits per heavy atom. The van der Waals surface area contributed by atoms with Crippen LogP contribution in [0.1, 0.15) is 43.0 Å². The predicted molar refractivity (Wildman–Crippen MR) is 108 cm³/mol. The lowest BCUT2D eigenvalue weighted by atomic mass is 9.77. The van der Waals surface area contributed by atoms with Crippen molar-refractivity contribution in [3.63, 3.8) is 0 Å². The average molecular weight is 427 g/mol. The fourth-order valence-electron chi connectivity index (χ4n) is 4.16. The van der Waals surface area contributed by atoms with Crippen molar-refractivity contribution in [1.29, 1.82) is 0 Å². The van der Waals surface area contributed by atoms with Crippen molar-refractivity contribution in [3.8, 4) is 0 Å². The van der Waals surface area contributed by atoms with Gasteiger partial charge in [-0.05, 0) is 49.1 Å². The van der Waals surface area contributed by atoms with Crippen LogP contribution >= 0.6 is 11.6 Å². The molecule has 154 valence electrons. The second-order valence-electron chi connectivity index (χ2n) is 7.78. The van der Waals surface area contributed by atoms with Gasteiger partial charge in [-0.3, -0.25) is 14.5 Å². The molecule has 1 atom stereocenters. The molecule has 1 aromatic carbocycles. The van der Waals surface area contributed by atoms with Crippen molar-refractivity contribution < 1.29 is 18.8 Å². The number of furan rings is 1. The molecule has 1 N–H and O–H groups in total. The Kier molecular flexibility index (Phi) is 4.39. The number of amides is 4. The molecule has 4 amide bonds. The van der Waals surface area contributed by atoms with Gasteiger partial charge in [0, 0.05) is 11.4 Å². The first-order valence-electron chi connectivity index (χ1n) is 9.80. The van der Waals surface area contributed by atoms with E-state index >= 15 is 0 Å². The number of carbonyl (C=O) groups is 3. The number of rotatable bonds is 4. The van der Waals surface area contributed by atoms with E-state index in [4.69, 9.17) is 16.0 Å². The van der Waals surface area contributed by atoms with Crippen LogP contribution < -0.4 is 5.32 Å². The number of halogens is 1. The van der Waals surface area contributed by atoms with E-state index in [0.717, 1.165) is 16.9 Å². The number of hydrazone groups is 1. The molecule has 1 aliphatic carbocycles. The average Bonchev–Trinajstić information content (AvgIpc) is 3.42. The number of benzene rings is 1. The van der Waals surface area contributed by atoms with Crippen molar-refractivity contribution in [2.45, 2.75) is 37.3 Å². The molecule has 1 saturated heterocycles. The van der Waals surface area contributed by atoms with E-state index in [1.165, 1.54) is 11.3 Å². The molecule has 30 heavy (non-hydrogen) atoms. The third-order valence-corrected chi connectivity index (χ3v) is 6.21. The summed E-state index contributed by atoms with van der Waals surface area (Å²) in [5.41, 5.74) is 0.726.